The van der Waals surface area contributed by atoms with Crippen LogP contribution in [-0.2, 0) is 26.9 Å². The second-order valence-electron chi connectivity index (χ2n) is 7.48. The van der Waals surface area contributed by atoms with Crippen LogP contribution in [0, 0.1) is 5.92 Å². The summed E-state index contributed by atoms with van der Waals surface area (Å²) in [5, 5.41) is 16.9. The van der Waals surface area contributed by atoms with Crippen LogP contribution < -0.4 is 0 Å². The number of esters is 1. The second-order valence-corrected chi connectivity index (χ2v) is 7.48. The number of hydrogen-bond donors (Lipinski definition) is 1. The van der Waals surface area contributed by atoms with E-state index in [9.17, 15) is 22.8 Å². The number of aromatic nitrogens is 2. The Labute approximate surface area is 171 Å². The van der Waals surface area contributed by atoms with E-state index < -0.39 is 29.8 Å². The molecule has 2 unspecified atom stereocenters. The van der Waals surface area contributed by atoms with Gasteiger partial charge in [0.15, 0.2) is 0 Å². The number of aliphatic carboxylic acids is 1. The van der Waals surface area contributed by atoms with Gasteiger partial charge in [-0.3, -0.25) is 9.59 Å². The number of fused-ring (bicyclic) bond motifs is 1. The molecule has 0 saturated heterocycles. The van der Waals surface area contributed by atoms with E-state index in [0.29, 0.717) is 24.1 Å². The van der Waals surface area contributed by atoms with Gasteiger partial charge in [0.2, 0.25) is 0 Å². The number of benzene rings is 1. The molecule has 0 amide bonds. The van der Waals surface area contributed by atoms with Crippen molar-refractivity contribution in [1.29, 1.82) is 0 Å². The number of halogens is 3. The number of nitrogens with zero attached hydrogens (tertiary/aromatic N) is 2. The third kappa shape index (κ3) is 5.34. The van der Waals surface area contributed by atoms with Crippen LogP contribution in [-0.4, -0.2) is 27.2 Å². The average Bonchev–Trinajstić information content (AvgIpc) is 2.66. The molecule has 0 fully saturated rings. The molecule has 0 saturated carbocycles. The van der Waals surface area contributed by atoms with Gasteiger partial charge in [-0.05, 0) is 43.4 Å². The van der Waals surface area contributed by atoms with Gasteiger partial charge in [0.25, 0.3) is 0 Å². The third-order valence-electron chi connectivity index (χ3n) is 4.94. The van der Waals surface area contributed by atoms with E-state index >= 15 is 0 Å². The molecule has 0 spiro atoms. The number of rotatable bonds is 6. The summed E-state index contributed by atoms with van der Waals surface area (Å²) in [7, 11) is 0. The first-order chi connectivity index (χ1) is 14.1. The Hall–Kier alpha value is -2.97. The zero-order valence-electron chi connectivity index (χ0n) is 16.3. The number of carboxylic acids is 1. The van der Waals surface area contributed by atoms with Gasteiger partial charge in [0.1, 0.15) is 6.10 Å². The molecule has 1 aromatic heterocycles. The minimum Gasteiger partial charge on any atom is -0.481 e. The van der Waals surface area contributed by atoms with E-state index in [0.717, 1.165) is 12.1 Å². The third-order valence-corrected chi connectivity index (χ3v) is 4.94. The van der Waals surface area contributed by atoms with E-state index in [2.05, 4.69) is 10.2 Å². The van der Waals surface area contributed by atoms with Crippen molar-refractivity contribution in [3.63, 3.8) is 0 Å². The zero-order chi connectivity index (χ0) is 21.9. The topological polar surface area (TPSA) is 89.4 Å². The van der Waals surface area contributed by atoms with Gasteiger partial charge in [0, 0.05) is 24.0 Å². The van der Waals surface area contributed by atoms with Gasteiger partial charge in [-0.15, -0.1) is 0 Å². The number of carbonyl (C=O) groups is 2. The molecule has 1 aromatic carbocycles. The Morgan fingerprint density at radius 3 is 2.67 bits per heavy atom. The van der Waals surface area contributed by atoms with Crippen molar-refractivity contribution in [2.45, 2.75) is 51.3 Å². The highest BCUT2D eigenvalue weighted by Gasteiger charge is 2.32. The molecular formula is C21H21F3N2O4. The molecule has 0 bridgehead atoms. The summed E-state index contributed by atoms with van der Waals surface area (Å²) in [4.78, 5) is 22.7. The van der Waals surface area contributed by atoms with Gasteiger partial charge in [-0.25, -0.2) is 0 Å². The van der Waals surface area contributed by atoms with E-state index in [4.69, 9.17) is 9.84 Å². The molecule has 6 nitrogen and oxygen atoms in total. The number of ether oxygens (including phenoxy) is 1. The average molecular weight is 422 g/mol. The maximum absolute atomic E-state index is 13.0. The van der Waals surface area contributed by atoms with Crippen LogP contribution in [0.2, 0.25) is 0 Å². The molecule has 0 radical (unpaired) electrons. The minimum atomic E-state index is -4.47. The van der Waals surface area contributed by atoms with Crippen molar-refractivity contribution in [3.05, 3.63) is 47.2 Å². The first-order valence-electron chi connectivity index (χ1n) is 9.59. The largest absolute Gasteiger partial charge is 0.481 e. The van der Waals surface area contributed by atoms with Crippen molar-refractivity contribution in [1.82, 2.24) is 10.2 Å². The lowest BCUT2D eigenvalue weighted by Crippen LogP contribution is -2.23. The fourth-order valence-electron chi connectivity index (χ4n) is 3.48. The second kappa shape index (κ2) is 8.81. The molecule has 2 aromatic rings. The first kappa shape index (κ1) is 21.7. The molecule has 1 aliphatic carbocycles. The Balaban J connectivity index is 1.84. The molecule has 1 heterocycles. The molecule has 1 N–H and O–H groups in total. The van der Waals surface area contributed by atoms with Crippen LogP contribution in [0.4, 0.5) is 13.2 Å². The van der Waals surface area contributed by atoms with E-state index in [-0.39, 0.29) is 36.4 Å². The molecule has 30 heavy (non-hydrogen) atoms. The lowest BCUT2D eigenvalue weighted by molar-refractivity contribution is -0.151. The van der Waals surface area contributed by atoms with E-state index in [1.165, 1.54) is 12.1 Å². The van der Waals surface area contributed by atoms with Crippen LogP contribution in [0.5, 0.6) is 0 Å². The normalized spacial score (nSPS) is 18.5. The van der Waals surface area contributed by atoms with Gasteiger partial charge in [0.05, 0.1) is 17.0 Å². The quantitative estimate of drug-likeness (QED) is 0.686. The molecule has 3 rings (SSSR count). The molecule has 2 atom stereocenters. The summed E-state index contributed by atoms with van der Waals surface area (Å²) in [5.74, 6) is -1.32. The Bertz CT molecular complexity index is 946. The number of carboxylic acid groups (broad SMARTS) is 1. The molecule has 0 aliphatic heterocycles. The highest BCUT2D eigenvalue weighted by atomic mass is 19.4. The summed E-state index contributed by atoms with van der Waals surface area (Å²) in [5.41, 5.74) is 1.02. The maximum Gasteiger partial charge on any atom is 0.416 e. The lowest BCUT2D eigenvalue weighted by atomic mass is 9.85. The van der Waals surface area contributed by atoms with Crippen molar-refractivity contribution in [3.8, 4) is 11.3 Å². The number of hydrogen-bond acceptors (Lipinski definition) is 5. The van der Waals surface area contributed by atoms with Crippen LogP contribution in [0.3, 0.4) is 0 Å². The number of alkyl halides is 3. The predicted molar refractivity (Wildman–Crippen MR) is 100 cm³/mol. The van der Waals surface area contributed by atoms with Crippen LogP contribution in [0.1, 0.15) is 55.5 Å². The zero-order valence-corrected chi connectivity index (χ0v) is 16.3. The van der Waals surface area contributed by atoms with E-state index in [1.807, 2.05) is 6.92 Å². The summed E-state index contributed by atoms with van der Waals surface area (Å²) in [6, 6.07) is 6.44. The Morgan fingerprint density at radius 1 is 1.20 bits per heavy atom. The molecule has 1 aliphatic rings. The van der Waals surface area contributed by atoms with Crippen molar-refractivity contribution in [2.75, 3.05) is 0 Å². The Morgan fingerprint density at radius 2 is 1.97 bits per heavy atom. The summed E-state index contributed by atoms with van der Waals surface area (Å²) in [6.07, 6.45) is -3.87. The first-order valence-corrected chi connectivity index (χ1v) is 9.59. The van der Waals surface area contributed by atoms with Gasteiger partial charge < -0.3 is 9.84 Å². The van der Waals surface area contributed by atoms with Crippen LogP contribution >= 0.6 is 0 Å². The minimum absolute atomic E-state index is 0.0223. The van der Waals surface area contributed by atoms with E-state index in [1.54, 1.807) is 6.07 Å². The molecule has 9 heteroatoms. The van der Waals surface area contributed by atoms with Crippen LogP contribution in [0.15, 0.2) is 30.3 Å². The van der Waals surface area contributed by atoms with Crippen molar-refractivity contribution < 1.29 is 32.6 Å². The summed E-state index contributed by atoms with van der Waals surface area (Å²) >= 11 is 0. The fourth-order valence-corrected chi connectivity index (χ4v) is 3.48. The van der Waals surface area contributed by atoms with Gasteiger partial charge >= 0.3 is 18.1 Å². The number of carbonyl (C=O) groups excluding carboxylic acids is 1. The van der Waals surface area contributed by atoms with Gasteiger partial charge in [-0.2, -0.15) is 23.4 Å². The van der Waals surface area contributed by atoms with Crippen molar-refractivity contribution in [2.24, 2.45) is 5.92 Å². The standard InChI is InChI=1S/C21H21F3N2O4/c1-12-8-17-15(18(9-12)30-20(29)7-3-6-19(27)28)11-16(25-26-17)13-4-2-5-14(10-13)21(22,23)24/h2,4-5,10-12,18H,3,6-9H2,1H3,(H,27,28). The van der Waals surface area contributed by atoms with Crippen molar-refractivity contribution >= 4 is 11.9 Å². The molecule has 160 valence electrons. The monoisotopic (exact) mass is 422 g/mol. The molecular weight excluding hydrogens is 401 g/mol. The summed E-state index contributed by atoms with van der Waals surface area (Å²) in [6.45, 7) is 1.98. The van der Waals surface area contributed by atoms with Gasteiger partial charge in [-0.1, -0.05) is 19.1 Å². The highest BCUT2D eigenvalue weighted by molar-refractivity contribution is 5.72. The summed E-state index contributed by atoms with van der Waals surface area (Å²) < 4.78 is 44.6. The fraction of sp³-hybridized carbons (Fsp3) is 0.429. The lowest BCUT2D eigenvalue weighted by Gasteiger charge is -2.28. The Kier molecular flexibility index (Phi) is 6.38. The highest BCUT2D eigenvalue weighted by Crippen LogP contribution is 2.37. The maximum atomic E-state index is 13.0. The SMILES string of the molecule is CC1Cc2nnc(-c3cccc(C(F)(F)F)c3)cc2C(OC(=O)CCCC(=O)O)C1. The predicted octanol–water partition coefficient (Wildman–Crippen LogP) is 4.58. The smallest absolute Gasteiger partial charge is 0.416 e. The van der Waals surface area contributed by atoms with Crippen LogP contribution in [0.25, 0.3) is 11.3 Å².